The second-order valence-electron chi connectivity index (χ2n) is 17.8. The van der Waals surface area contributed by atoms with Crippen LogP contribution in [0.4, 0.5) is 0 Å². The first kappa shape index (κ1) is 52.2. The summed E-state index contributed by atoms with van der Waals surface area (Å²) in [6.45, 7) is 7.98. The van der Waals surface area contributed by atoms with Crippen LogP contribution in [0.2, 0.25) is 0 Å². The lowest BCUT2D eigenvalue weighted by molar-refractivity contribution is -0.142. The van der Waals surface area contributed by atoms with Crippen LogP contribution in [0, 0.1) is 20.8 Å². The van der Waals surface area contributed by atoms with Gasteiger partial charge in [0.05, 0.1) is 24.1 Å². The summed E-state index contributed by atoms with van der Waals surface area (Å²) in [4.78, 5) is 72.2. The second-order valence-corrected chi connectivity index (χ2v) is 17.8. The predicted octanol–water partition coefficient (Wildman–Crippen LogP) is 6.69. The molecule has 8 N–H and O–H groups in total. The minimum Gasteiger partial charge on any atom is -0.508 e. The van der Waals surface area contributed by atoms with Gasteiger partial charge in [-0.05, 0) is 92.0 Å². The summed E-state index contributed by atoms with van der Waals surface area (Å²) in [5, 5.41) is 31.7. The predicted molar refractivity (Wildman–Crippen MR) is 264 cm³/mol. The molecule has 0 spiro atoms. The first-order valence-electron chi connectivity index (χ1n) is 23.8. The summed E-state index contributed by atoms with van der Waals surface area (Å²) in [5.41, 5.74) is 12.9. The first-order valence-corrected chi connectivity index (χ1v) is 23.8. The molecule has 0 aliphatic heterocycles. The molecule has 0 aliphatic carbocycles. The number of hydrogen-bond donors (Lipinski definition) is 7. The van der Waals surface area contributed by atoms with Crippen LogP contribution in [0.25, 0.3) is 0 Å². The summed E-state index contributed by atoms with van der Waals surface area (Å²) < 4.78 is 1.98. The quantitative estimate of drug-likeness (QED) is 0.0279. The van der Waals surface area contributed by atoms with Crippen molar-refractivity contribution in [3.63, 3.8) is 0 Å². The molecule has 0 saturated heterocycles. The van der Waals surface area contributed by atoms with E-state index in [-0.39, 0.29) is 43.4 Å². The number of hydrogen-bond acceptors (Lipinski definition) is 8. The third kappa shape index (κ3) is 16.2. The highest BCUT2D eigenvalue weighted by atomic mass is 16.4. The molecule has 5 aromatic rings. The molecule has 0 radical (unpaired) electrons. The number of nitrogens with one attached hydrogen (secondary N) is 4. The smallest absolute Gasteiger partial charge is 0.326 e. The molecule has 5 rings (SSSR count). The van der Waals surface area contributed by atoms with Crippen molar-refractivity contribution in [1.82, 2.24) is 30.8 Å². The van der Waals surface area contributed by atoms with E-state index in [1.54, 1.807) is 20.2 Å². The Morgan fingerprint density at radius 2 is 1.26 bits per heavy atom. The van der Waals surface area contributed by atoms with Gasteiger partial charge in [0.1, 0.15) is 23.9 Å². The number of rotatable bonds is 27. The minimum atomic E-state index is -1.36. The number of unbranched alkanes of at least 4 members (excludes halogenated alkanes) is 5. The number of nitrogens with zero attached hydrogens (tertiary/aromatic N) is 2. The molecular formula is C54H69N7O7. The van der Waals surface area contributed by atoms with Crippen LogP contribution in [0.5, 0.6) is 5.75 Å². The highest BCUT2D eigenvalue weighted by Crippen LogP contribution is 2.27. The van der Waals surface area contributed by atoms with Crippen molar-refractivity contribution in [2.24, 2.45) is 5.73 Å². The molecule has 4 amide bonds. The summed E-state index contributed by atoms with van der Waals surface area (Å²) in [5.74, 6) is -3.22. The van der Waals surface area contributed by atoms with Crippen molar-refractivity contribution in [3.8, 4) is 5.75 Å². The number of aryl methyl sites for hydroxylation is 3. The summed E-state index contributed by atoms with van der Waals surface area (Å²) in [6.07, 6.45) is 10.4. The zero-order valence-electron chi connectivity index (χ0n) is 39.9. The molecule has 1 heterocycles. The number of carbonyl (C=O) groups is 5. The normalized spacial score (nSPS) is 13.0. The summed E-state index contributed by atoms with van der Waals surface area (Å²) >= 11 is 0. The molecule has 1 unspecified atom stereocenters. The van der Waals surface area contributed by atoms with Crippen LogP contribution < -0.4 is 27.0 Å². The molecule has 14 heteroatoms. The van der Waals surface area contributed by atoms with Crippen molar-refractivity contribution < 1.29 is 34.2 Å². The number of carbonyl (C=O) groups excluding carboxylic acids is 4. The number of aliphatic carboxylic acids is 1. The molecule has 0 aliphatic rings. The first-order chi connectivity index (χ1) is 32.7. The van der Waals surface area contributed by atoms with E-state index < -0.39 is 47.9 Å². The summed E-state index contributed by atoms with van der Waals surface area (Å²) in [6, 6.07) is 25.5. The van der Waals surface area contributed by atoms with Gasteiger partial charge < -0.3 is 41.8 Å². The maximum Gasteiger partial charge on any atom is 0.326 e. The Morgan fingerprint density at radius 1 is 0.676 bits per heavy atom. The summed E-state index contributed by atoms with van der Waals surface area (Å²) in [7, 11) is 0. The number of phenolic OH excluding ortho intramolecular Hbond substituents is 1. The number of aromatic hydroxyl groups is 1. The van der Waals surface area contributed by atoms with E-state index >= 15 is 0 Å². The maximum atomic E-state index is 14.4. The molecular weight excluding hydrogens is 859 g/mol. The number of amides is 4. The van der Waals surface area contributed by atoms with E-state index in [4.69, 9.17) is 5.73 Å². The van der Waals surface area contributed by atoms with Gasteiger partial charge in [-0.25, -0.2) is 9.78 Å². The van der Waals surface area contributed by atoms with Crippen LogP contribution in [0.15, 0.2) is 110 Å². The SMILES string of the molecule is CCCCCCCC(=O)NCCCC[C@H](NC(=O)[C@@H](N)Cc1cn(C(c2ccccc2)c2ccccc2)cn1)C(=O)N[C@H](Cc1ccc(C)cc1)C(=O)NC(Cc1c(C)cc(O)cc1C)C(=O)O. The monoisotopic (exact) mass is 928 g/mol. The van der Waals surface area contributed by atoms with E-state index in [1.807, 2.05) is 103 Å². The lowest BCUT2D eigenvalue weighted by Gasteiger charge is -2.26. The number of carboxylic acids is 1. The zero-order valence-corrected chi connectivity index (χ0v) is 39.9. The Kier molecular flexibility index (Phi) is 20.3. The third-order valence-corrected chi connectivity index (χ3v) is 12.2. The van der Waals surface area contributed by atoms with Crippen LogP contribution in [-0.2, 0) is 43.2 Å². The molecule has 0 fully saturated rings. The fraction of sp³-hybridized carbons (Fsp3) is 0.407. The molecule has 4 atom stereocenters. The van der Waals surface area contributed by atoms with Crippen molar-refractivity contribution in [2.75, 3.05) is 6.54 Å². The lowest BCUT2D eigenvalue weighted by Crippen LogP contribution is -2.58. The fourth-order valence-corrected chi connectivity index (χ4v) is 8.39. The van der Waals surface area contributed by atoms with Crippen molar-refractivity contribution in [1.29, 1.82) is 0 Å². The topological polar surface area (TPSA) is 218 Å². The van der Waals surface area contributed by atoms with Gasteiger partial charge >= 0.3 is 5.97 Å². The molecule has 362 valence electrons. The fourth-order valence-electron chi connectivity index (χ4n) is 8.39. The van der Waals surface area contributed by atoms with Crippen LogP contribution >= 0.6 is 0 Å². The number of phenols is 1. The number of benzene rings is 4. The second kappa shape index (κ2) is 26.5. The van der Waals surface area contributed by atoms with E-state index in [1.165, 1.54) is 12.1 Å². The van der Waals surface area contributed by atoms with Crippen LogP contribution in [0.1, 0.15) is 115 Å². The Balaban J connectivity index is 1.32. The zero-order chi connectivity index (χ0) is 49.0. The van der Waals surface area contributed by atoms with Gasteiger partial charge in [0, 0.05) is 38.4 Å². The maximum absolute atomic E-state index is 14.4. The van der Waals surface area contributed by atoms with Crippen molar-refractivity contribution >= 4 is 29.6 Å². The molecule has 68 heavy (non-hydrogen) atoms. The third-order valence-electron chi connectivity index (χ3n) is 12.2. The standard InChI is InChI=1S/C54H69N7O7/c1-5-6-7-8-15-23-49(63)56-28-17-16-22-46(58-51(64)45(55)32-42-34-61(35-57-42)50(40-18-11-9-12-19-40)41-20-13-10-14-21-41)52(65)59-47(31-39-26-24-36(2)25-27-39)53(66)60-48(54(67)68)33-44-37(3)29-43(62)30-38(44)4/h9-14,18-21,24-27,29-30,34-35,45-48,50,62H,5-8,15-17,22-23,28,31-33,55H2,1-4H3,(H,56,63)(H,58,64)(H,59,65)(H,60,66)(H,67,68)/t45-,46-,47+,48?/m0/s1. The van der Waals surface area contributed by atoms with Gasteiger partial charge in [-0.1, -0.05) is 123 Å². The van der Waals surface area contributed by atoms with Gasteiger partial charge in [-0.2, -0.15) is 0 Å². The number of nitrogens with two attached hydrogens (primary N) is 1. The Labute approximate surface area is 400 Å². The van der Waals surface area contributed by atoms with Gasteiger partial charge in [0.15, 0.2) is 0 Å². The molecule has 0 saturated carbocycles. The Bertz CT molecular complexity index is 2340. The van der Waals surface area contributed by atoms with Crippen molar-refractivity contribution in [2.45, 2.75) is 135 Å². The average molecular weight is 928 g/mol. The molecule has 0 bridgehead atoms. The lowest BCUT2D eigenvalue weighted by atomic mass is 9.95. The molecule has 14 nitrogen and oxygen atoms in total. The van der Waals surface area contributed by atoms with E-state index in [0.717, 1.165) is 54.4 Å². The van der Waals surface area contributed by atoms with Crippen LogP contribution in [0.3, 0.4) is 0 Å². The van der Waals surface area contributed by atoms with Gasteiger partial charge in [0.2, 0.25) is 23.6 Å². The largest absolute Gasteiger partial charge is 0.508 e. The van der Waals surface area contributed by atoms with Gasteiger partial charge in [-0.15, -0.1) is 0 Å². The Morgan fingerprint density at radius 3 is 1.88 bits per heavy atom. The minimum absolute atomic E-state index is 0.0295. The number of carboxylic acid groups (broad SMARTS) is 1. The van der Waals surface area contributed by atoms with Crippen LogP contribution in [-0.4, -0.2) is 80.1 Å². The van der Waals surface area contributed by atoms with Gasteiger partial charge in [0.25, 0.3) is 0 Å². The average Bonchev–Trinajstić information content (AvgIpc) is 3.77. The highest BCUT2D eigenvalue weighted by molar-refractivity contribution is 5.94. The van der Waals surface area contributed by atoms with E-state index in [9.17, 15) is 34.2 Å². The highest BCUT2D eigenvalue weighted by Gasteiger charge is 2.31. The molecule has 1 aromatic heterocycles. The number of imidazole rings is 1. The number of aromatic nitrogens is 2. The molecule has 4 aromatic carbocycles. The van der Waals surface area contributed by atoms with Crippen molar-refractivity contribution in [3.05, 3.63) is 154 Å². The van der Waals surface area contributed by atoms with Gasteiger partial charge in [-0.3, -0.25) is 19.2 Å². The van der Waals surface area contributed by atoms with E-state index in [2.05, 4.69) is 33.2 Å². The Hall–Kier alpha value is -6.80. The van der Waals surface area contributed by atoms with E-state index in [0.29, 0.717) is 48.2 Å².